The second-order valence-electron chi connectivity index (χ2n) is 3.94. The first-order valence-corrected chi connectivity index (χ1v) is 5.11. The highest BCUT2D eigenvalue weighted by atomic mass is 16.5. The van der Waals surface area contributed by atoms with Crippen LogP contribution in [0.1, 0.15) is 30.7 Å². The zero-order valence-corrected chi connectivity index (χ0v) is 8.44. The average molecular weight is 192 g/mol. The van der Waals surface area contributed by atoms with E-state index in [1.807, 2.05) is 12.1 Å². The topological polar surface area (TPSA) is 29.5 Å². The second-order valence-corrected chi connectivity index (χ2v) is 3.94. The van der Waals surface area contributed by atoms with Crippen LogP contribution in [0.2, 0.25) is 0 Å². The van der Waals surface area contributed by atoms with E-state index in [1.165, 1.54) is 5.56 Å². The molecule has 0 radical (unpaired) electrons. The maximum atomic E-state index is 9.44. The lowest BCUT2D eigenvalue weighted by Crippen LogP contribution is -1.99. The lowest BCUT2D eigenvalue weighted by atomic mass is 9.98. The number of rotatable bonds is 2. The molecule has 0 unspecified atom stereocenters. The Morgan fingerprint density at radius 2 is 1.93 bits per heavy atom. The number of ether oxygens (including phenoxy) is 1. The smallest absolute Gasteiger partial charge is 0.118 e. The van der Waals surface area contributed by atoms with Crippen molar-refractivity contribution in [3.8, 4) is 5.75 Å². The Balaban J connectivity index is 2.09. The Hall–Kier alpha value is -1.02. The molecule has 0 aliphatic heterocycles. The zero-order valence-electron chi connectivity index (χ0n) is 8.44. The van der Waals surface area contributed by atoms with E-state index < -0.39 is 0 Å². The molecule has 1 aliphatic rings. The third-order valence-electron chi connectivity index (χ3n) is 2.99. The highest BCUT2D eigenvalue weighted by Crippen LogP contribution is 2.34. The summed E-state index contributed by atoms with van der Waals surface area (Å²) in [7, 11) is 1.67. The first-order chi connectivity index (χ1) is 6.79. The minimum absolute atomic E-state index is 0.0953. The summed E-state index contributed by atoms with van der Waals surface area (Å²) in [5.41, 5.74) is 1.32. The molecule has 14 heavy (non-hydrogen) atoms. The summed E-state index contributed by atoms with van der Waals surface area (Å²) >= 11 is 0. The quantitative estimate of drug-likeness (QED) is 0.779. The second kappa shape index (κ2) is 4.01. The van der Waals surface area contributed by atoms with Crippen LogP contribution in [0.15, 0.2) is 24.3 Å². The van der Waals surface area contributed by atoms with Crippen LogP contribution in [0.5, 0.6) is 5.75 Å². The van der Waals surface area contributed by atoms with E-state index in [0.717, 1.165) is 25.0 Å². The molecular formula is C12H16O2. The van der Waals surface area contributed by atoms with E-state index in [1.54, 1.807) is 7.11 Å². The first kappa shape index (κ1) is 9.53. The van der Waals surface area contributed by atoms with Crippen molar-refractivity contribution in [1.82, 2.24) is 0 Å². The van der Waals surface area contributed by atoms with Crippen LogP contribution in [0.25, 0.3) is 0 Å². The van der Waals surface area contributed by atoms with Crippen molar-refractivity contribution >= 4 is 0 Å². The van der Waals surface area contributed by atoms with Gasteiger partial charge >= 0.3 is 0 Å². The monoisotopic (exact) mass is 192 g/mol. The van der Waals surface area contributed by atoms with E-state index in [4.69, 9.17) is 4.74 Å². The largest absolute Gasteiger partial charge is 0.497 e. The van der Waals surface area contributed by atoms with Crippen LogP contribution < -0.4 is 4.74 Å². The van der Waals surface area contributed by atoms with E-state index in [-0.39, 0.29) is 6.10 Å². The SMILES string of the molecule is COc1ccc([C@H]2CC[C@H](O)C2)cc1. The number of hydrogen-bond donors (Lipinski definition) is 1. The Morgan fingerprint density at radius 1 is 1.21 bits per heavy atom. The Labute approximate surface area is 84.5 Å². The summed E-state index contributed by atoms with van der Waals surface area (Å²) in [5.74, 6) is 1.43. The number of hydrogen-bond acceptors (Lipinski definition) is 2. The highest BCUT2D eigenvalue weighted by Gasteiger charge is 2.23. The molecule has 2 atom stereocenters. The fourth-order valence-corrected chi connectivity index (χ4v) is 2.14. The van der Waals surface area contributed by atoms with Crippen LogP contribution in [-0.2, 0) is 0 Å². The van der Waals surface area contributed by atoms with Crippen LogP contribution in [-0.4, -0.2) is 18.3 Å². The zero-order chi connectivity index (χ0) is 9.97. The van der Waals surface area contributed by atoms with Gasteiger partial charge in [-0.05, 0) is 42.9 Å². The summed E-state index contributed by atoms with van der Waals surface area (Å²) in [6.45, 7) is 0. The lowest BCUT2D eigenvalue weighted by Gasteiger charge is -2.10. The summed E-state index contributed by atoms with van der Waals surface area (Å²) in [5, 5.41) is 9.44. The lowest BCUT2D eigenvalue weighted by molar-refractivity contribution is 0.181. The van der Waals surface area contributed by atoms with Gasteiger partial charge in [0.1, 0.15) is 5.75 Å². The van der Waals surface area contributed by atoms with Gasteiger partial charge in [-0.2, -0.15) is 0 Å². The predicted octanol–water partition coefficient (Wildman–Crippen LogP) is 2.32. The third-order valence-corrected chi connectivity index (χ3v) is 2.99. The van der Waals surface area contributed by atoms with Crippen LogP contribution >= 0.6 is 0 Å². The van der Waals surface area contributed by atoms with Crippen LogP contribution in [0.4, 0.5) is 0 Å². The normalized spacial score (nSPS) is 26.4. The molecule has 0 spiro atoms. The molecule has 2 heteroatoms. The number of benzene rings is 1. The van der Waals surface area contributed by atoms with Gasteiger partial charge in [-0.15, -0.1) is 0 Å². The molecule has 2 nitrogen and oxygen atoms in total. The molecule has 1 aliphatic carbocycles. The molecule has 76 valence electrons. The summed E-state index contributed by atoms with van der Waals surface area (Å²) in [6, 6.07) is 8.17. The summed E-state index contributed by atoms with van der Waals surface area (Å²) in [4.78, 5) is 0. The van der Waals surface area contributed by atoms with Crippen LogP contribution in [0.3, 0.4) is 0 Å². The van der Waals surface area contributed by atoms with Crippen molar-refractivity contribution in [2.24, 2.45) is 0 Å². The summed E-state index contributed by atoms with van der Waals surface area (Å²) < 4.78 is 5.10. The van der Waals surface area contributed by atoms with Gasteiger partial charge in [0.05, 0.1) is 13.2 Å². The molecule has 0 bridgehead atoms. The minimum atomic E-state index is -0.0953. The fraction of sp³-hybridized carbons (Fsp3) is 0.500. The van der Waals surface area contributed by atoms with E-state index in [9.17, 15) is 5.11 Å². The molecule has 1 saturated carbocycles. The molecule has 1 N–H and O–H groups in total. The number of aliphatic hydroxyl groups excluding tert-OH is 1. The van der Waals surface area contributed by atoms with Gasteiger partial charge in [0.15, 0.2) is 0 Å². The molecule has 1 aromatic rings. The van der Waals surface area contributed by atoms with Crippen LogP contribution in [0, 0.1) is 0 Å². The van der Waals surface area contributed by atoms with Gasteiger partial charge in [-0.3, -0.25) is 0 Å². The molecule has 1 fully saturated rings. The molecule has 0 heterocycles. The van der Waals surface area contributed by atoms with Crippen molar-refractivity contribution in [3.05, 3.63) is 29.8 Å². The molecule has 0 amide bonds. The van der Waals surface area contributed by atoms with E-state index in [2.05, 4.69) is 12.1 Å². The number of aliphatic hydroxyl groups is 1. The van der Waals surface area contributed by atoms with Gasteiger partial charge in [0.25, 0.3) is 0 Å². The van der Waals surface area contributed by atoms with Crippen molar-refractivity contribution in [3.63, 3.8) is 0 Å². The maximum absolute atomic E-state index is 9.44. The number of methoxy groups -OCH3 is 1. The van der Waals surface area contributed by atoms with Crippen molar-refractivity contribution < 1.29 is 9.84 Å². The van der Waals surface area contributed by atoms with Crippen molar-refractivity contribution in [2.75, 3.05) is 7.11 Å². The third kappa shape index (κ3) is 1.90. The van der Waals surface area contributed by atoms with Gasteiger partial charge < -0.3 is 9.84 Å². The molecular weight excluding hydrogens is 176 g/mol. The molecule has 2 rings (SSSR count). The molecule has 0 saturated heterocycles. The fourth-order valence-electron chi connectivity index (χ4n) is 2.14. The Bertz CT molecular complexity index is 292. The van der Waals surface area contributed by atoms with Gasteiger partial charge in [0.2, 0.25) is 0 Å². The first-order valence-electron chi connectivity index (χ1n) is 5.11. The predicted molar refractivity (Wildman–Crippen MR) is 55.6 cm³/mol. The van der Waals surface area contributed by atoms with Gasteiger partial charge in [-0.1, -0.05) is 12.1 Å². The summed E-state index contributed by atoms with van der Waals surface area (Å²) in [6.07, 6.45) is 2.86. The van der Waals surface area contributed by atoms with Crippen molar-refractivity contribution in [1.29, 1.82) is 0 Å². The average Bonchev–Trinajstić information content (AvgIpc) is 2.65. The minimum Gasteiger partial charge on any atom is -0.497 e. The Morgan fingerprint density at radius 3 is 2.43 bits per heavy atom. The van der Waals surface area contributed by atoms with E-state index >= 15 is 0 Å². The van der Waals surface area contributed by atoms with E-state index in [0.29, 0.717) is 5.92 Å². The van der Waals surface area contributed by atoms with Gasteiger partial charge in [-0.25, -0.2) is 0 Å². The Kier molecular flexibility index (Phi) is 2.73. The maximum Gasteiger partial charge on any atom is 0.118 e. The highest BCUT2D eigenvalue weighted by molar-refractivity contribution is 5.29. The van der Waals surface area contributed by atoms with Gasteiger partial charge in [0, 0.05) is 0 Å². The standard InChI is InChI=1S/C12H16O2/c1-14-12-6-3-9(4-7-12)10-2-5-11(13)8-10/h3-4,6-7,10-11,13H,2,5,8H2,1H3/t10-,11-/m0/s1. The molecule has 0 aromatic heterocycles. The van der Waals surface area contributed by atoms with Crippen molar-refractivity contribution in [2.45, 2.75) is 31.3 Å². The molecule has 1 aromatic carbocycles.